The SMILES string of the molecule is CCNC(=O)C(CC)N(Cc1cccc(OC)c1)C(=O)CN(c1cc(C)ccc1OC)S(C)(=O)=O. The average molecular weight is 506 g/mol. The number of carbonyl (C=O) groups excluding carboxylic acids is 2. The van der Waals surface area contributed by atoms with Crippen molar-refractivity contribution in [1.29, 1.82) is 0 Å². The third kappa shape index (κ3) is 7.35. The molecule has 0 spiro atoms. The van der Waals surface area contributed by atoms with Crippen molar-refractivity contribution in [3.63, 3.8) is 0 Å². The van der Waals surface area contributed by atoms with Gasteiger partial charge in [-0.2, -0.15) is 0 Å². The van der Waals surface area contributed by atoms with E-state index in [2.05, 4.69) is 5.32 Å². The van der Waals surface area contributed by atoms with E-state index in [1.165, 1.54) is 12.0 Å². The highest BCUT2D eigenvalue weighted by atomic mass is 32.2. The zero-order valence-electron chi connectivity index (χ0n) is 21.2. The molecule has 2 amide bonds. The molecule has 0 fully saturated rings. The van der Waals surface area contributed by atoms with E-state index >= 15 is 0 Å². The summed E-state index contributed by atoms with van der Waals surface area (Å²) in [5.41, 5.74) is 1.82. The Hall–Kier alpha value is -3.27. The van der Waals surface area contributed by atoms with Crippen LogP contribution in [0.5, 0.6) is 11.5 Å². The predicted octanol–water partition coefficient (Wildman–Crippen LogP) is 2.72. The second-order valence-electron chi connectivity index (χ2n) is 8.14. The largest absolute Gasteiger partial charge is 0.497 e. The summed E-state index contributed by atoms with van der Waals surface area (Å²) in [5, 5.41) is 2.77. The van der Waals surface area contributed by atoms with Crippen molar-refractivity contribution in [2.75, 3.05) is 37.9 Å². The van der Waals surface area contributed by atoms with Gasteiger partial charge >= 0.3 is 0 Å². The molecule has 0 aromatic heterocycles. The molecule has 2 aromatic carbocycles. The molecule has 1 atom stereocenters. The maximum Gasteiger partial charge on any atom is 0.244 e. The van der Waals surface area contributed by atoms with Gasteiger partial charge in [0.25, 0.3) is 0 Å². The third-order valence-corrected chi connectivity index (χ3v) is 6.63. The van der Waals surface area contributed by atoms with Gasteiger partial charge in [-0.15, -0.1) is 0 Å². The van der Waals surface area contributed by atoms with E-state index in [0.717, 1.165) is 21.7 Å². The number of carbonyl (C=O) groups is 2. The molecule has 10 heteroatoms. The zero-order chi connectivity index (χ0) is 26.2. The van der Waals surface area contributed by atoms with Crippen molar-refractivity contribution < 1.29 is 27.5 Å². The third-order valence-electron chi connectivity index (χ3n) is 5.51. The second kappa shape index (κ2) is 12.4. The van der Waals surface area contributed by atoms with E-state index in [4.69, 9.17) is 9.47 Å². The highest BCUT2D eigenvalue weighted by Crippen LogP contribution is 2.31. The minimum absolute atomic E-state index is 0.105. The Balaban J connectivity index is 2.51. The van der Waals surface area contributed by atoms with Crippen LogP contribution in [0.2, 0.25) is 0 Å². The number of hydrogen-bond acceptors (Lipinski definition) is 6. The molecule has 0 heterocycles. The van der Waals surface area contributed by atoms with Gasteiger partial charge in [0.05, 0.1) is 26.2 Å². The Morgan fingerprint density at radius 1 is 1.06 bits per heavy atom. The Kier molecular flexibility index (Phi) is 9.94. The van der Waals surface area contributed by atoms with Gasteiger partial charge in [0, 0.05) is 13.1 Å². The van der Waals surface area contributed by atoms with Crippen molar-refractivity contribution in [3.05, 3.63) is 53.6 Å². The van der Waals surface area contributed by atoms with E-state index in [9.17, 15) is 18.0 Å². The van der Waals surface area contributed by atoms with Crippen molar-refractivity contribution in [2.45, 2.75) is 39.8 Å². The van der Waals surface area contributed by atoms with E-state index < -0.39 is 28.5 Å². The summed E-state index contributed by atoms with van der Waals surface area (Å²) in [6.45, 7) is 5.46. The van der Waals surface area contributed by atoms with Gasteiger partial charge < -0.3 is 19.7 Å². The number of nitrogens with one attached hydrogen (secondary N) is 1. The van der Waals surface area contributed by atoms with Gasteiger partial charge in [-0.1, -0.05) is 25.1 Å². The summed E-state index contributed by atoms with van der Waals surface area (Å²) in [6.07, 6.45) is 1.39. The fraction of sp³-hybridized carbons (Fsp3) is 0.440. The van der Waals surface area contributed by atoms with Crippen molar-refractivity contribution in [1.82, 2.24) is 10.2 Å². The molecule has 0 bridgehead atoms. The van der Waals surface area contributed by atoms with Crippen LogP contribution in [0.1, 0.15) is 31.4 Å². The molecule has 0 aliphatic carbocycles. The summed E-state index contributed by atoms with van der Waals surface area (Å²) in [5.74, 6) is 0.123. The van der Waals surface area contributed by atoms with E-state index in [-0.39, 0.29) is 18.1 Å². The number of anilines is 1. The fourth-order valence-electron chi connectivity index (χ4n) is 3.77. The predicted molar refractivity (Wildman–Crippen MR) is 136 cm³/mol. The molecule has 0 aliphatic heterocycles. The smallest absolute Gasteiger partial charge is 0.244 e. The minimum atomic E-state index is -3.86. The van der Waals surface area contributed by atoms with Crippen LogP contribution in [-0.4, -0.2) is 64.7 Å². The number of hydrogen-bond donors (Lipinski definition) is 1. The summed E-state index contributed by atoms with van der Waals surface area (Å²) < 4.78 is 37.3. The van der Waals surface area contributed by atoms with Gasteiger partial charge in [0.15, 0.2) is 0 Å². The number of amides is 2. The number of aryl methyl sites for hydroxylation is 1. The first kappa shape index (κ1) is 28.0. The second-order valence-corrected chi connectivity index (χ2v) is 10.0. The standard InChI is InChI=1S/C25H35N3O6S/c1-7-21(25(30)26-8-2)27(16-19-10-9-11-20(15-19)33-4)24(29)17-28(35(6,31)32)22-14-18(3)12-13-23(22)34-5/h9-15,21H,7-8,16-17H2,1-6H3,(H,26,30). The first-order chi connectivity index (χ1) is 16.5. The molecule has 0 aliphatic rings. The lowest BCUT2D eigenvalue weighted by molar-refractivity contribution is -0.140. The molecule has 1 N–H and O–H groups in total. The molecule has 1 unspecified atom stereocenters. The molecular weight excluding hydrogens is 470 g/mol. The Morgan fingerprint density at radius 3 is 2.34 bits per heavy atom. The van der Waals surface area contributed by atoms with E-state index in [0.29, 0.717) is 24.5 Å². The molecule has 2 rings (SSSR count). The number of benzene rings is 2. The first-order valence-electron chi connectivity index (χ1n) is 11.4. The van der Waals surface area contributed by atoms with Gasteiger partial charge in [0.1, 0.15) is 24.1 Å². The number of sulfonamides is 1. The molecule has 2 aromatic rings. The Bertz CT molecular complexity index is 1140. The lowest BCUT2D eigenvalue weighted by Crippen LogP contribution is -2.52. The van der Waals surface area contributed by atoms with Crippen molar-refractivity contribution in [3.8, 4) is 11.5 Å². The normalized spacial score (nSPS) is 11.9. The summed E-state index contributed by atoms with van der Waals surface area (Å²) in [6, 6.07) is 11.5. The number of ether oxygens (including phenoxy) is 2. The number of likely N-dealkylation sites (N-methyl/N-ethyl adjacent to an activating group) is 1. The lowest BCUT2D eigenvalue weighted by atomic mass is 10.1. The topological polar surface area (TPSA) is 105 Å². The van der Waals surface area contributed by atoms with Crippen LogP contribution < -0.4 is 19.1 Å². The number of rotatable bonds is 12. The molecule has 0 saturated carbocycles. The van der Waals surface area contributed by atoms with E-state index in [1.807, 2.05) is 19.9 Å². The van der Waals surface area contributed by atoms with Gasteiger partial charge in [-0.25, -0.2) is 8.42 Å². The maximum absolute atomic E-state index is 13.7. The van der Waals surface area contributed by atoms with Crippen LogP contribution in [0.4, 0.5) is 5.69 Å². The van der Waals surface area contributed by atoms with Crippen molar-refractivity contribution in [2.24, 2.45) is 0 Å². The zero-order valence-corrected chi connectivity index (χ0v) is 22.0. The van der Waals surface area contributed by atoms with Crippen LogP contribution in [0.25, 0.3) is 0 Å². The first-order valence-corrected chi connectivity index (χ1v) is 13.2. The van der Waals surface area contributed by atoms with Crippen LogP contribution in [-0.2, 0) is 26.2 Å². The quantitative estimate of drug-likeness (QED) is 0.476. The van der Waals surface area contributed by atoms with Crippen LogP contribution in [0.3, 0.4) is 0 Å². The maximum atomic E-state index is 13.7. The fourth-order valence-corrected chi connectivity index (χ4v) is 4.61. The summed E-state index contributed by atoms with van der Waals surface area (Å²) in [7, 11) is -0.872. The van der Waals surface area contributed by atoms with Crippen LogP contribution in [0.15, 0.2) is 42.5 Å². The van der Waals surface area contributed by atoms with Crippen molar-refractivity contribution >= 4 is 27.5 Å². The van der Waals surface area contributed by atoms with Gasteiger partial charge in [-0.3, -0.25) is 13.9 Å². The number of nitrogens with zero attached hydrogens (tertiary/aromatic N) is 2. The molecular formula is C25H35N3O6S. The van der Waals surface area contributed by atoms with Gasteiger partial charge in [0.2, 0.25) is 21.8 Å². The highest BCUT2D eigenvalue weighted by molar-refractivity contribution is 7.92. The molecule has 35 heavy (non-hydrogen) atoms. The molecule has 9 nitrogen and oxygen atoms in total. The molecule has 192 valence electrons. The van der Waals surface area contributed by atoms with Crippen LogP contribution >= 0.6 is 0 Å². The summed E-state index contributed by atoms with van der Waals surface area (Å²) in [4.78, 5) is 28.0. The minimum Gasteiger partial charge on any atom is -0.497 e. The average Bonchev–Trinajstić information content (AvgIpc) is 2.81. The molecule has 0 saturated heterocycles. The monoisotopic (exact) mass is 505 g/mol. The van der Waals surface area contributed by atoms with E-state index in [1.54, 1.807) is 50.4 Å². The Morgan fingerprint density at radius 2 is 1.77 bits per heavy atom. The lowest BCUT2D eigenvalue weighted by Gasteiger charge is -2.33. The van der Waals surface area contributed by atoms with Crippen LogP contribution in [0, 0.1) is 6.92 Å². The highest BCUT2D eigenvalue weighted by Gasteiger charge is 2.32. The summed E-state index contributed by atoms with van der Waals surface area (Å²) >= 11 is 0. The number of methoxy groups -OCH3 is 2. The Labute approximate surface area is 208 Å². The van der Waals surface area contributed by atoms with Gasteiger partial charge in [-0.05, 0) is 55.7 Å². The molecule has 0 radical (unpaired) electrons.